The maximum Gasteiger partial charge on any atom is 0.270 e. The Morgan fingerprint density at radius 1 is 1.25 bits per heavy atom. The number of carbonyl (C=O) groups excluding carboxylic acids is 1. The Labute approximate surface area is 164 Å². The number of piperidine rings is 1. The minimum Gasteiger partial charge on any atom is -0.508 e. The van der Waals surface area contributed by atoms with Gasteiger partial charge in [0.05, 0.1) is 16.2 Å². The molecule has 1 aliphatic heterocycles. The molecule has 1 heterocycles. The molecular weight excluding hydrogens is 358 g/mol. The molecule has 0 aliphatic carbocycles. The first-order valence-corrected chi connectivity index (χ1v) is 9.42. The van der Waals surface area contributed by atoms with Gasteiger partial charge in [-0.2, -0.15) is 0 Å². The molecule has 148 valence electrons. The summed E-state index contributed by atoms with van der Waals surface area (Å²) in [5.74, 6) is 0.499. The fourth-order valence-corrected chi connectivity index (χ4v) is 3.54. The lowest BCUT2D eigenvalue weighted by atomic mass is 9.97. The van der Waals surface area contributed by atoms with Gasteiger partial charge in [0.25, 0.3) is 11.6 Å². The van der Waals surface area contributed by atoms with Crippen LogP contribution in [0.5, 0.6) is 5.75 Å². The predicted molar refractivity (Wildman–Crippen MR) is 108 cm³/mol. The maximum absolute atomic E-state index is 13.2. The summed E-state index contributed by atoms with van der Waals surface area (Å²) >= 11 is 0. The highest BCUT2D eigenvalue weighted by molar-refractivity contribution is 6.00. The third kappa shape index (κ3) is 4.42. The van der Waals surface area contributed by atoms with Crippen LogP contribution in [0.2, 0.25) is 0 Å². The number of hydrogen-bond acceptors (Lipinski definition) is 5. The van der Waals surface area contributed by atoms with Gasteiger partial charge in [0.2, 0.25) is 0 Å². The van der Waals surface area contributed by atoms with E-state index in [1.54, 1.807) is 31.3 Å². The fraction of sp³-hybridized carbons (Fsp3) is 0.381. The molecule has 1 aliphatic rings. The number of anilines is 1. The van der Waals surface area contributed by atoms with Gasteiger partial charge in [0.15, 0.2) is 0 Å². The lowest BCUT2D eigenvalue weighted by Gasteiger charge is -2.33. The molecule has 1 fully saturated rings. The number of hydrogen-bond donors (Lipinski definition) is 1. The van der Waals surface area contributed by atoms with E-state index in [1.165, 1.54) is 17.0 Å². The number of rotatable bonds is 5. The van der Waals surface area contributed by atoms with Gasteiger partial charge >= 0.3 is 0 Å². The Bertz CT molecular complexity index is 876. The molecule has 0 spiro atoms. The van der Waals surface area contributed by atoms with E-state index in [-0.39, 0.29) is 17.3 Å². The molecule has 1 N–H and O–H groups in total. The monoisotopic (exact) mass is 383 g/mol. The number of benzene rings is 2. The maximum atomic E-state index is 13.2. The van der Waals surface area contributed by atoms with Crippen LogP contribution in [0, 0.1) is 16.0 Å². The minimum absolute atomic E-state index is 0.0942. The van der Waals surface area contributed by atoms with Crippen molar-refractivity contribution in [1.82, 2.24) is 4.90 Å². The van der Waals surface area contributed by atoms with Crippen molar-refractivity contribution in [2.75, 3.05) is 25.0 Å². The van der Waals surface area contributed by atoms with E-state index >= 15 is 0 Å². The molecule has 1 saturated heterocycles. The number of non-ortho nitro benzene ring substituents is 1. The van der Waals surface area contributed by atoms with Crippen LogP contribution in [0.25, 0.3) is 0 Å². The molecule has 7 nitrogen and oxygen atoms in total. The topological polar surface area (TPSA) is 86.9 Å². The number of phenolic OH excluding ortho intramolecular Hbond substituents is 1. The Morgan fingerprint density at radius 3 is 2.61 bits per heavy atom. The molecule has 1 amide bonds. The van der Waals surface area contributed by atoms with Crippen molar-refractivity contribution in [3.05, 3.63) is 63.7 Å². The number of aromatic hydroxyl groups is 1. The predicted octanol–water partition coefficient (Wildman–Crippen LogP) is 3.81. The summed E-state index contributed by atoms with van der Waals surface area (Å²) in [4.78, 5) is 27.6. The van der Waals surface area contributed by atoms with Crippen LogP contribution in [0.4, 0.5) is 11.4 Å². The van der Waals surface area contributed by atoms with Crippen molar-refractivity contribution in [3.8, 4) is 5.75 Å². The van der Waals surface area contributed by atoms with Crippen LogP contribution in [-0.4, -0.2) is 41.0 Å². The molecule has 0 atom stereocenters. The molecule has 28 heavy (non-hydrogen) atoms. The summed E-state index contributed by atoms with van der Waals surface area (Å²) in [6, 6.07) is 11.2. The molecule has 2 aromatic carbocycles. The van der Waals surface area contributed by atoms with Gasteiger partial charge in [-0.1, -0.05) is 19.1 Å². The van der Waals surface area contributed by atoms with Crippen molar-refractivity contribution < 1.29 is 14.8 Å². The van der Waals surface area contributed by atoms with Gasteiger partial charge < -0.3 is 14.9 Å². The standard InChI is InChI=1S/C21H25N3O4/c1-15-8-10-23(11-9-15)20-7-6-17(24(27)28)13-19(20)21(26)22(2)14-16-4-3-5-18(25)12-16/h3-7,12-13,15,25H,8-11,14H2,1-2H3. The summed E-state index contributed by atoms with van der Waals surface area (Å²) in [6.45, 7) is 4.17. The minimum atomic E-state index is -0.478. The molecule has 0 unspecified atom stereocenters. The van der Waals surface area contributed by atoms with Crippen molar-refractivity contribution in [2.45, 2.75) is 26.3 Å². The summed E-state index contributed by atoms with van der Waals surface area (Å²) in [7, 11) is 1.66. The lowest BCUT2D eigenvalue weighted by Crippen LogP contribution is -2.35. The first kappa shape index (κ1) is 19.7. The van der Waals surface area contributed by atoms with Gasteiger partial charge in [0, 0.05) is 38.8 Å². The summed E-state index contributed by atoms with van der Waals surface area (Å²) < 4.78 is 0. The molecule has 0 radical (unpaired) electrons. The van der Waals surface area contributed by atoms with Crippen LogP contribution >= 0.6 is 0 Å². The number of nitro benzene ring substituents is 1. The summed E-state index contributed by atoms with van der Waals surface area (Å²) in [5.41, 5.74) is 1.77. The van der Waals surface area contributed by atoms with Crippen molar-refractivity contribution in [3.63, 3.8) is 0 Å². The van der Waals surface area contributed by atoms with E-state index < -0.39 is 4.92 Å². The van der Waals surface area contributed by atoms with E-state index in [2.05, 4.69) is 11.8 Å². The van der Waals surface area contributed by atoms with Crippen LogP contribution in [0.3, 0.4) is 0 Å². The smallest absolute Gasteiger partial charge is 0.270 e. The quantitative estimate of drug-likeness (QED) is 0.627. The van der Waals surface area contributed by atoms with Gasteiger partial charge in [-0.05, 0) is 42.5 Å². The third-order valence-electron chi connectivity index (χ3n) is 5.22. The highest BCUT2D eigenvalue weighted by atomic mass is 16.6. The van der Waals surface area contributed by atoms with Gasteiger partial charge in [0.1, 0.15) is 5.75 Å². The Hall–Kier alpha value is -3.09. The van der Waals surface area contributed by atoms with Gasteiger partial charge in [-0.15, -0.1) is 0 Å². The zero-order valence-electron chi connectivity index (χ0n) is 16.2. The normalized spacial score (nSPS) is 14.7. The molecule has 7 heteroatoms. The Morgan fingerprint density at radius 2 is 1.96 bits per heavy atom. The summed E-state index contributed by atoms with van der Waals surface area (Å²) in [6.07, 6.45) is 2.06. The number of carbonyl (C=O) groups is 1. The van der Waals surface area contributed by atoms with E-state index in [0.29, 0.717) is 18.0 Å². The van der Waals surface area contributed by atoms with Crippen LogP contribution < -0.4 is 4.90 Å². The molecule has 0 saturated carbocycles. The highest BCUT2D eigenvalue weighted by Crippen LogP contribution is 2.30. The number of nitro groups is 1. The van der Waals surface area contributed by atoms with Gasteiger partial charge in [-0.25, -0.2) is 0 Å². The van der Waals surface area contributed by atoms with Crippen LogP contribution in [-0.2, 0) is 6.54 Å². The largest absolute Gasteiger partial charge is 0.508 e. The SMILES string of the molecule is CC1CCN(c2ccc([N+](=O)[O-])cc2C(=O)N(C)Cc2cccc(O)c2)CC1. The van der Waals surface area contributed by atoms with E-state index in [1.807, 2.05) is 6.07 Å². The van der Waals surface area contributed by atoms with Crippen LogP contribution in [0.15, 0.2) is 42.5 Å². The zero-order valence-corrected chi connectivity index (χ0v) is 16.2. The second-order valence-electron chi connectivity index (χ2n) is 7.46. The third-order valence-corrected chi connectivity index (χ3v) is 5.22. The molecule has 3 rings (SSSR count). The first-order chi connectivity index (χ1) is 13.3. The number of phenols is 1. The Kier molecular flexibility index (Phi) is 5.82. The van der Waals surface area contributed by atoms with E-state index in [0.717, 1.165) is 37.2 Å². The lowest BCUT2D eigenvalue weighted by molar-refractivity contribution is -0.384. The second kappa shape index (κ2) is 8.29. The van der Waals surface area contributed by atoms with Crippen molar-refractivity contribution in [2.24, 2.45) is 5.92 Å². The van der Waals surface area contributed by atoms with Crippen molar-refractivity contribution >= 4 is 17.3 Å². The number of amides is 1. The summed E-state index contributed by atoms with van der Waals surface area (Å²) in [5, 5.41) is 20.9. The first-order valence-electron chi connectivity index (χ1n) is 9.42. The number of nitrogens with zero attached hydrogens (tertiary/aromatic N) is 3. The molecule has 2 aromatic rings. The van der Waals surface area contributed by atoms with Crippen LogP contribution in [0.1, 0.15) is 35.7 Å². The average molecular weight is 383 g/mol. The second-order valence-corrected chi connectivity index (χ2v) is 7.46. The molecule has 0 aromatic heterocycles. The van der Waals surface area contributed by atoms with Crippen molar-refractivity contribution in [1.29, 1.82) is 0 Å². The fourth-order valence-electron chi connectivity index (χ4n) is 3.54. The molecular formula is C21H25N3O4. The van der Waals surface area contributed by atoms with Gasteiger partial charge in [-0.3, -0.25) is 14.9 Å². The highest BCUT2D eigenvalue weighted by Gasteiger charge is 2.25. The molecule has 0 bridgehead atoms. The average Bonchev–Trinajstić information content (AvgIpc) is 2.67. The Balaban J connectivity index is 1.89. The van der Waals surface area contributed by atoms with E-state index in [4.69, 9.17) is 0 Å². The van der Waals surface area contributed by atoms with E-state index in [9.17, 15) is 20.0 Å². The zero-order chi connectivity index (χ0) is 20.3.